The van der Waals surface area contributed by atoms with E-state index in [1.54, 1.807) is 0 Å². The van der Waals surface area contributed by atoms with Crippen LogP contribution < -0.4 is 0 Å². The summed E-state index contributed by atoms with van der Waals surface area (Å²) in [5, 5.41) is 0. The zero-order valence-corrected chi connectivity index (χ0v) is 9.34. The van der Waals surface area contributed by atoms with E-state index in [4.69, 9.17) is 0 Å². The molecule has 1 atom stereocenters. The summed E-state index contributed by atoms with van der Waals surface area (Å²) >= 11 is 0. The first-order valence-electron chi connectivity index (χ1n) is 5.83. The number of rotatable bonds is 2. The van der Waals surface area contributed by atoms with Crippen LogP contribution in [0.5, 0.6) is 0 Å². The van der Waals surface area contributed by atoms with Gasteiger partial charge in [-0.1, -0.05) is 6.92 Å². The summed E-state index contributed by atoms with van der Waals surface area (Å²) in [6, 6.07) is 0. The Kier molecular flexibility index (Phi) is 2.39. The minimum atomic E-state index is 0.472. The Balaban J connectivity index is 1.92. The maximum Gasteiger partial charge on any atom is 0.0155 e. The lowest BCUT2D eigenvalue weighted by Crippen LogP contribution is -2.50. The Morgan fingerprint density at radius 1 is 1.23 bits per heavy atom. The van der Waals surface area contributed by atoms with E-state index >= 15 is 0 Å². The molecule has 2 fully saturated rings. The Morgan fingerprint density at radius 2 is 1.92 bits per heavy atom. The molecule has 0 N–H and O–H groups in total. The quantitative estimate of drug-likeness (QED) is 0.633. The highest BCUT2D eigenvalue weighted by atomic mass is 15.2. The molecule has 2 aliphatic rings. The van der Waals surface area contributed by atoms with Crippen LogP contribution in [-0.4, -0.2) is 23.5 Å². The van der Waals surface area contributed by atoms with E-state index in [1.807, 2.05) is 0 Å². The smallest absolute Gasteiger partial charge is 0.0155 e. The predicted octanol–water partition coefficient (Wildman–Crippen LogP) is 2.91. The molecule has 1 aliphatic heterocycles. The first kappa shape index (κ1) is 9.51. The molecule has 76 valence electrons. The highest BCUT2D eigenvalue weighted by molar-refractivity contribution is 4.91. The SMILES string of the molecule is CC1CCN(CC2CC2)C(C)(C)C1. The molecule has 0 radical (unpaired) electrons. The molecule has 0 aromatic rings. The van der Waals surface area contributed by atoms with Crippen molar-refractivity contribution in [2.24, 2.45) is 11.8 Å². The van der Waals surface area contributed by atoms with Crippen molar-refractivity contribution in [3.05, 3.63) is 0 Å². The van der Waals surface area contributed by atoms with E-state index in [-0.39, 0.29) is 0 Å². The Bertz CT molecular complexity index is 182. The molecular weight excluding hydrogens is 158 g/mol. The Labute approximate surface area is 82.5 Å². The van der Waals surface area contributed by atoms with Gasteiger partial charge in [-0.05, 0) is 57.9 Å². The number of nitrogens with zero attached hydrogens (tertiary/aromatic N) is 1. The summed E-state index contributed by atoms with van der Waals surface area (Å²) in [6.07, 6.45) is 5.78. The first-order valence-corrected chi connectivity index (χ1v) is 5.83. The largest absolute Gasteiger partial charge is 0.298 e. The van der Waals surface area contributed by atoms with Crippen LogP contribution >= 0.6 is 0 Å². The Hall–Kier alpha value is -0.0400. The number of hydrogen-bond acceptors (Lipinski definition) is 1. The van der Waals surface area contributed by atoms with Crippen LogP contribution in [0.3, 0.4) is 0 Å². The van der Waals surface area contributed by atoms with Crippen molar-refractivity contribution in [1.29, 1.82) is 0 Å². The van der Waals surface area contributed by atoms with Crippen LogP contribution in [0.2, 0.25) is 0 Å². The molecule has 1 unspecified atom stereocenters. The molecule has 0 bridgehead atoms. The second-order valence-corrected chi connectivity index (χ2v) is 5.80. The van der Waals surface area contributed by atoms with E-state index in [1.165, 1.54) is 38.8 Å². The maximum absolute atomic E-state index is 2.73. The number of likely N-dealkylation sites (tertiary alicyclic amines) is 1. The van der Waals surface area contributed by atoms with Gasteiger partial charge in [0.25, 0.3) is 0 Å². The molecule has 0 aromatic carbocycles. The van der Waals surface area contributed by atoms with Gasteiger partial charge >= 0.3 is 0 Å². The fourth-order valence-corrected chi connectivity index (χ4v) is 2.71. The van der Waals surface area contributed by atoms with Crippen molar-refractivity contribution in [1.82, 2.24) is 4.90 Å². The standard InChI is InChI=1S/C12H23N/c1-10-6-7-13(9-11-4-5-11)12(2,3)8-10/h10-11H,4-9H2,1-3H3. The fourth-order valence-electron chi connectivity index (χ4n) is 2.71. The minimum Gasteiger partial charge on any atom is -0.298 e. The molecule has 1 heterocycles. The van der Waals surface area contributed by atoms with E-state index < -0.39 is 0 Å². The molecule has 1 aliphatic carbocycles. The summed E-state index contributed by atoms with van der Waals surface area (Å²) in [5.41, 5.74) is 0.472. The predicted molar refractivity (Wildman–Crippen MR) is 56.8 cm³/mol. The summed E-state index contributed by atoms with van der Waals surface area (Å²) in [5.74, 6) is 1.98. The second kappa shape index (κ2) is 3.27. The molecule has 13 heavy (non-hydrogen) atoms. The van der Waals surface area contributed by atoms with Gasteiger partial charge in [0.05, 0.1) is 0 Å². The molecule has 1 nitrogen and oxygen atoms in total. The van der Waals surface area contributed by atoms with E-state index in [9.17, 15) is 0 Å². The third-order valence-electron chi connectivity index (χ3n) is 3.77. The van der Waals surface area contributed by atoms with Crippen LogP contribution in [-0.2, 0) is 0 Å². The average Bonchev–Trinajstić information content (AvgIpc) is 2.77. The molecule has 2 rings (SSSR count). The van der Waals surface area contributed by atoms with Gasteiger partial charge in [-0.15, -0.1) is 0 Å². The van der Waals surface area contributed by atoms with Crippen molar-refractivity contribution in [3.8, 4) is 0 Å². The topological polar surface area (TPSA) is 3.24 Å². The van der Waals surface area contributed by atoms with Crippen LogP contribution in [0, 0.1) is 11.8 Å². The van der Waals surface area contributed by atoms with Crippen molar-refractivity contribution in [2.75, 3.05) is 13.1 Å². The van der Waals surface area contributed by atoms with Crippen LogP contribution in [0.15, 0.2) is 0 Å². The van der Waals surface area contributed by atoms with Crippen LogP contribution in [0.25, 0.3) is 0 Å². The van der Waals surface area contributed by atoms with Crippen LogP contribution in [0.4, 0.5) is 0 Å². The number of hydrogen-bond donors (Lipinski definition) is 0. The third-order valence-corrected chi connectivity index (χ3v) is 3.77. The van der Waals surface area contributed by atoms with E-state index in [0.717, 1.165) is 11.8 Å². The number of piperidine rings is 1. The van der Waals surface area contributed by atoms with Crippen molar-refractivity contribution >= 4 is 0 Å². The van der Waals surface area contributed by atoms with Gasteiger partial charge in [-0.3, -0.25) is 4.90 Å². The zero-order valence-electron chi connectivity index (χ0n) is 9.34. The van der Waals surface area contributed by atoms with Gasteiger partial charge in [-0.2, -0.15) is 0 Å². The minimum absolute atomic E-state index is 0.472. The Morgan fingerprint density at radius 3 is 2.46 bits per heavy atom. The van der Waals surface area contributed by atoms with E-state index in [2.05, 4.69) is 25.7 Å². The highest BCUT2D eigenvalue weighted by Crippen LogP contribution is 2.36. The van der Waals surface area contributed by atoms with Gasteiger partial charge in [0.1, 0.15) is 0 Å². The van der Waals surface area contributed by atoms with Crippen LogP contribution in [0.1, 0.15) is 46.5 Å². The first-order chi connectivity index (χ1) is 6.08. The summed E-state index contributed by atoms with van der Waals surface area (Å²) in [4.78, 5) is 2.73. The monoisotopic (exact) mass is 181 g/mol. The van der Waals surface area contributed by atoms with Gasteiger partial charge < -0.3 is 0 Å². The van der Waals surface area contributed by atoms with Gasteiger partial charge in [0.2, 0.25) is 0 Å². The van der Waals surface area contributed by atoms with Gasteiger partial charge in [0.15, 0.2) is 0 Å². The fraction of sp³-hybridized carbons (Fsp3) is 1.00. The van der Waals surface area contributed by atoms with Gasteiger partial charge in [0, 0.05) is 12.1 Å². The summed E-state index contributed by atoms with van der Waals surface area (Å²) < 4.78 is 0. The maximum atomic E-state index is 2.73. The molecule has 0 spiro atoms. The van der Waals surface area contributed by atoms with Crippen molar-refractivity contribution in [3.63, 3.8) is 0 Å². The second-order valence-electron chi connectivity index (χ2n) is 5.80. The lowest BCUT2D eigenvalue weighted by molar-refractivity contribution is 0.0474. The molecule has 0 aromatic heterocycles. The van der Waals surface area contributed by atoms with Crippen molar-refractivity contribution in [2.45, 2.75) is 52.0 Å². The van der Waals surface area contributed by atoms with Gasteiger partial charge in [-0.25, -0.2) is 0 Å². The molecule has 0 amide bonds. The molecule has 1 saturated heterocycles. The summed E-state index contributed by atoms with van der Waals surface area (Å²) in [6.45, 7) is 9.96. The normalized spacial score (nSPS) is 34.8. The average molecular weight is 181 g/mol. The lowest BCUT2D eigenvalue weighted by Gasteiger charge is -2.45. The molecule has 1 heteroatoms. The summed E-state index contributed by atoms with van der Waals surface area (Å²) in [7, 11) is 0. The zero-order chi connectivity index (χ0) is 9.47. The van der Waals surface area contributed by atoms with E-state index in [0.29, 0.717) is 5.54 Å². The third kappa shape index (κ3) is 2.25. The lowest BCUT2D eigenvalue weighted by atomic mass is 9.83. The molecule has 1 saturated carbocycles. The van der Waals surface area contributed by atoms with Crippen molar-refractivity contribution < 1.29 is 0 Å². The molecular formula is C12H23N. The highest BCUT2D eigenvalue weighted by Gasteiger charge is 2.36.